The molecule has 0 bridgehead atoms. The zero-order valence-corrected chi connectivity index (χ0v) is 26.1. The SMILES string of the molecule is CCN1C(=O)C(C)(C)C(=O)N(C)c2ccc(OCCCN(C)c3ccnc(CCn4ccc5c(c4=O)CCCC5)c3)cc21. The maximum Gasteiger partial charge on any atom is 0.254 e. The van der Waals surface area contributed by atoms with E-state index in [0.717, 1.165) is 49.2 Å². The van der Waals surface area contributed by atoms with Gasteiger partial charge in [-0.25, -0.2) is 0 Å². The van der Waals surface area contributed by atoms with Crippen LogP contribution in [0.1, 0.15) is 56.9 Å². The maximum atomic E-state index is 13.2. The molecule has 2 aliphatic rings. The van der Waals surface area contributed by atoms with Crippen LogP contribution in [0.15, 0.2) is 53.6 Å². The number of aromatic nitrogens is 2. The van der Waals surface area contributed by atoms with Crippen molar-refractivity contribution < 1.29 is 14.3 Å². The van der Waals surface area contributed by atoms with Gasteiger partial charge in [-0.15, -0.1) is 0 Å². The highest BCUT2D eigenvalue weighted by molar-refractivity contribution is 6.20. The number of nitrogens with zero attached hydrogens (tertiary/aromatic N) is 5. The Labute approximate surface area is 254 Å². The second kappa shape index (κ2) is 12.6. The van der Waals surface area contributed by atoms with Crippen LogP contribution in [0.3, 0.4) is 0 Å². The molecule has 2 aromatic heterocycles. The van der Waals surface area contributed by atoms with Gasteiger partial charge in [0.1, 0.15) is 11.2 Å². The standard InChI is InChI=1S/C34H43N5O4/c1-6-39-30-23-27(12-13-29(30)37(5)32(41)34(2,3)33(39)42)43-21-9-18-36(4)26-14-17-35-25(22-26)16-20-38-19-15-24-10-7-8-11-28(24)31(38)40/h12-15,17,19,22-23H,6-11,16,18,20-21H2,1-5H3. The normalized spacial score (nSPS) is 16.0. The molecule has 2 amide bonds. The Balaban J connectivity index is 1.17. The molecule has 3 aromatic rings. The number of rotatable bonds is 10. The molecular formula is C34H43N5O4. The number of aryl methyl sites for hydroxylation is 3. The van der Waals surface area contributed by atoms with E-state index in [4.69, 9.17) is 4.74 Å². The van der Waals surface area contributed by atoms with Gasteiger partial charge in [0.15, 0.2) is 0 Å². The summed E-state index contributed by atoms with van der Waals surface area (Å²) in [6, 6.07) is 11.8. The summed E-state index contributed by atoms with van der Waals surface area (Å²) in [6.07, 6.45) is 9.40. The number of fused-ring (bicyclic) bond motifs is 2. The summed E-state index contributed by atoms with van der Waals surface area (Å²) >= 11 is 0. The Kier molecular flexibility index (Phi) is 8.89. The predicted octanol–water partition coefficient (Wildman–Crippen LogP) is 4.63. The molecule has 0 N–H and O–H groups in total. The van der Waals surface area contributed by atoms with Gasteiger partial charge < -0.3 is 24.0 Å². The second-order valence-electron chi connectivity index (χ2n) is 12.1. The maximum absolute atomic E-state index is 13.2. The number of benzene rings is 1. The number of ether oxygens (including phenoxy) is 1. The molecule has 1 aliphatic heterocycles. The highest BCUT2D eigenvalue weighted by atomic mass is 16.5. The molecule has 1 aliphatic carbocycles. The summed E-state index contributed by atoms with van der Waals surface area (Å²) in [5.74, 6) is 0.228. The van der Waals surface area contributed by atoms with E-state index in [1.54, 1.807) is 30.7 Å². The lowest BCUT2D eigenvalue weighted by atomic mass is 9.90. The molecule has 0 unspecified atom stereocenters. The zero-order chi connectivity index (χ0) is 30.7. The van der Waals surface area contributed by atoms with E-state index in [9.17, 15) is 14.4 Å². The molecule has 0 atom stereocenters. The van der Waals surface area contributed by atoms with E-state index < -0.39 is 5.41 Å². The molecule has 0 radical (unpaired) electrons. The third-order valence-electron chi connectivity index (χ3n) is 8.78. The van der Waals surface area contributed by atoms with Crippen molar-refractivity contribution in [3.8, 4) is 5.75 Å². The van der Waals surface area contributed by atoms with Crippen molar-refractivity contribution in [2.45, 2.75) is 65.8 Å². The molecular weight excluding hydrogens is 542 g/mol. The molecule has 0 fully saturated rings. The number of carbonyl (C=O) groups excluding carboxylic acids is 2. The quantitative estimate of drug-likeness (QED) is 0.255. The Bertz CT molecular complexity index is 1560. The molecule has 0 saturated heterocycles. The third-order valence-corrected chi connectivity index (χ3v) is 8.78. The first-order chi connectivity index (χ1) is 20.6. The van der Waals surface area contributed by atoms with E-state index in [1.807, 2.05) is 48.1 Å². The van der Waals surface area contributed by atoms with Crippen LogP contribution < -0.4 is 25.0 Å². The first kappa shape index (κ1) is 30.3. The molecule has 3 heterocycles. The Morgan fingerprint density at radius 3 is 2.58 bits per heavy atom. The minimum Gasteiger partial charge on any atom is -0.493 e. The second-order valence-corrected chi connectivity index (χ2v) is 12.1. The Hall–Kier alpha value is -4.14. The van der Waals surface area contributed by atoms with Gasteiger partial charge in [0.25, 0.3) is 5.56 Å². The zero-order valence-electron chi connectivity index (χ0n) is 26.1. The Morgan fingerprint density at radius 2 is 1.79 bits per heavy atom. The van der Waals surface area contributed by atoms with E-state index in [-0.39, 0.29) is 17.4 Å². The molecule has 9 heteroatoms. The van der Waals surface area contributed by atoms with Gasteiger partial charge in [0.05, 0.1) is 18.0 Å². The van der Waals surface area contributed by atoms with Gasteiger partial charge in [0, 0.05) is 75.6 Å². The fraction of sp³-hybridized carbons (Fsp3) is 0.471. The van der Waals surface area contributed by atoms with Crippen LogP contribution >= 0.6 is 0 Å². The van der Waals surface area contributed by atoms with Gasteiger partial charge in [-0.05, 0) is 88.8 Å². The van der Waals surface area contributed by atoms with Crippen molar-refractivity contribution in [2.24, 2.45) is 5.41 Å². The van der Waals surface area contributed by atoms with Crippen molar-refractivity contribution in [1.29, 1.82) is 0 Å². The molecule has 0 saturated carbocycles. The van der Waals surface area contributed by atoms with Crippen LogP contribution in [-0.4, -0.2) is 55.2 Å². The third kappa shape index (κ3) is 6.17. The molecule has 228 valence electrons. The minimum absolute atomic E-state index is 0.151. The molecule has 5 rings (SSSR count). The van der Waals surface area contributed by atoms with Crippen molar-refractivity contribution in [3.63, 3.8) is 0 Å². The van der Waals surface area contributed by atoms with E-state index >= 15 is 0 Å². The fourth-order valence-corrected chi connectivity index (χ4v) is 6.12. The summed E-state index contributed by atoms with van der Waals surface area (Å²) < 4.78 is 7.92. The van der Waals surface area contributed by atoms with Crippen LogP contribution in [0.25, 0.3) is 0 Å². The predicted molar refractivity (Wildman–Crippen MR) is 170 cm³/mol. The molecule has 43 heavy (non-hydrogen) atoms. The van der Waals surface area contributed by atoms with Gasteiger partial charge in [-0.1, -0.05) is 0 Å². The summed E-state index contributed by atoms with van der Waals surface area (Å²) in [7, 11) is 3.76. The lowest BCUT2D eigenvalue weighted by Crippen LogP contribution is -2.47. The number of hydrogen-bond donors (Lipinski definition) is 0. The average molecular weight is 586 g/mol. The van der Waals surface area contributed by atoms with Gasteiger partial charge in [-0.3, -0.25) is 19.4 Å². The highest BCUT2D eigenvalue weighted by Crippen LogP contribution is 2.40. The fourth-order valence-electron chi connectivity index (χ4n) is 6.12. The van der Waals surface area contributed by atoms with Crippen LogP contribution in [0.5, 0.6) is 5.75 Å². The molecule has 9 nitrogen and oxygen atoms in total. The topological polar surface area (TPSA) is 88.0 Å². The lowest BCUT2D eigenvalue weighted by Gasteiger charge is -2.27. The monoisotopic (exact) mass is 585 g/mol. The Morgan fingerprint density at radius 1 is 1.00 bits per heavy atom. The van der Waals surface area contributed by atoms with Crippen LogP contribution in [0.4, 0.5) is 17.1 Å². The van der Waals surface area contributed by atoms with Crippen molar-refractivity contribution in [1.82, 2.24) is 9.55 Å². The van der Waals surface area contributed by atoms with E-state index in [0.29, 0.717) is 43.2 Å². The first-order valence-electron chi connectivity index (χ1n) is 15.4. The summed E-state index contributed by atoms with van der Waals surface area (Å²) in [4.78, 5) is 49.1. The first-order valence-corrected chi connectivity index (χ1v) is 15.4. The van der Waals surface area contributed by atoms with Crippen LogP contribution in [-0.2, 0) is 35.4 Å². The van der Waals surface area contributed by atoms with Crippen LogP contribution in [0.2, 0.25) is 0 Å². The minimum atomic E-state index is -1.14. The summed E-state index contributed by atoms with van der Waals surface area (Å²) in [5.41, 5.74) is 4.63. The smallest absolute Gasteiger partial charge is 0.254 e. The van der Waals surface area contributed by atoms with Gasteiger partial charge >= 0.3 is 0 Å². The van der Waals surface area contributed by atoms with Crippen molar-refractivity contribution >= 4 is 28.9 Å². The van der Waals surface area contributed by atoms with E-state index in [2.05, 4.69) is 29.1 Å². The number of amides is 2. The highest BCUT2D eigenvalue weighted by Gasteiger charge is 2.45. The molecule has 1 aromatic carbocycles. The van der Waals surface area contributed by atoms with E-state index in [1.165, 1.54) is 12.0 Å². The van der Waals surface area contributed by atoms with Gasteiger partial charge in [-0.2, -0.15) is 0 Å². The number of anilines is 3. The summed E-state index contributed by atoms with van der Waals surface area (Å²) in [6.45, 7) is 7.63. The summed E-state index contributed by atoms with van der Waals surface area (Å²) in [5, 5.41) is 0. The largest absolute Gasteiger partial charge is 0.493 e. The van der Waals surface area contributed by atoms with Gasteiger partial charge in [0.2, 0.25) is 11.8 Å². The average Bonchev–Trinajstić information content (AvgIpc) is 3.07. The van der Waals surface area contributed by atoms with Crippen LogP contribution in [0, 0.1) is 5.41 Å². The number of hydrogen-bond acceptors (Lipinski definition) is 6. The lowest BCUT2D eigenvalue weighted by molar-refractivity contribution is -0.137. The van der Waals surface area contributed by atoms with Crippen molar-refractivity contribution in [3.05, 3.63) is 76.0 Å². The number of carbonyl (C=O) groups is 2. The number of pyridine rings is 2. The molecule has 0 spiro atoms. The van der Waals surface area contributed by atoms with Crippen molar-refractivity contribution in [2.75, 3.05) is 48.5 Å².